The molecule has 5 nitrogen and oxygen atoms in total. The van der Waals surface area contributed by atoms with Gasteiger partial charge in [0, 0.05) is 5.56 Å². The average molecular weight is 512 g/mol. The Labute approximate surface area is 226 Å². The highest BCUT2D eigenvalue weighted by Crippen LogP contribution is 2.22. The molecule has 1 aliphatic rings. The Bertz CT molecular complexity index is 1200. The largest absolute Gasteiger partial charge is 0.494 e. The maximum absolute atomic E-state index is 12.4. The Morgan fingerprint density at radius 2 is 1.37 bits per heavy atom. The van der Waals surface area contributed by atoms with Crippen LogP contribution >= 0.6 is 0 Å². The lowest BCUT2D eigenvalue weighted by Gasteiger charge is -2.07. The van der Waals surface area contributed by atoms with Gasteiger partial charge in [0.1, 0.15) is 18.1 Å². The molecule has 3 aromatic carbocycles. The Morgan fingerprint density at radius 3 is 2.08 bits per heavy atom. The number of ether oxygens (including phenoxy) is 3. The van der Waals surface area contributed by atoms with Gasteiger partial charge in [0.2, 0.25) is 5.90 Å². The van der Waals surface area contributed by atoms with E-state index in [4.69, 9.17) is 14.2 Å². The number of carbonyl (C=O) groups excluding carboxylic acids is 1. The summed E-state index contributed by atoms with van der Waals surface area (Å²) < 4.78 is 17.1. The van der Waals surface area contributed by atoms with E-state index in [-0.39, 0.29) is 5.70 Å². The van der Waals surface area contributed by atoms with Crippen LogP contribution in [0.25, 0.3) is 6.08 Å². The van der Waals surface area contributed by atoms with Crippen molar-refractivity contribution in [3.8, 4) is 11.5 Å². The summed E-state index contributed by atoms with van der Waals surface area (Å²) in [5.41, 5.74) is 2.97. The van der Waals surface area contributed by atoms with Gasteiger partial charge in [-0.2, -0.15) is 0 Å². The summed E-state index contributed by atoms with van der Waals surface area (Å²) in [6.07, 6.45) is 11.9. The van der Waals surface area contributed by atoms with E-state index < -0.39 is 5.97 Å². The predicted octanol–water partition coefficient (Wildman–Crippen LogP) is 8.13. The van der Waals surface area contributed by atoms with Crippen molar-refractivity contribution in [1.82, 2.24) is 0 Å². The van der Waals surface area contributed by atoms with E-state index in [0.717, 1.165) is 34.6 Å². The van der Waals surface area contributed by atoms with E-state index in [1.165, 1.54) is 44.9 Å². The van der Waals surface area contributed by atoms with Gasteiger partial charge in [-0.1, -0.05) is 94.3 Å². The van der Waals surface area contributed by atoms with Gasteiger partial charge in [0.15, 0.2) is 5.70 Å². The topological polar surface area (TPSA) is 57.1 Å². The third kappa shape index (κ3) is 8.62. The molecule has 0 saturated carbocycles. The Kier molecular flexibility index (Phi) is 10.6. The smallest absolute Gasteiger partial charge is 0.363 e. The average Bonchev–Trinajstić information content (AvgIpc) is 3.32. The Hall–Kier alpha value is -3.86. The number of cyclic esters (lactones) is 1. The van der Waals surface area contributed by atoms with E-state index in [2.05, 4.69) is 11.9 Å². The summed E-state index contributed by atoms with van der Waals surface area (Å²) in [6, 6.07) is 25.1. The minimum absolute atomic E-state index is 0.271. The third-order valence-electron chi connectivity index (χ3n) is 6.42. The molecule has 0 fully saturated rings. The second-order valence-electron chi connectivity index (χ2n) is 9.53. The van der Waals surface area contributed by atoms with Gasteiger partial charge in [0.05, 0.1) is 6.61 Å². The third-order valence-corrected chi connectivity index (χ3v) is 6.42. The lowest BCUT2D eigenvalue weighted by atomic mass is 10.1. The van der Waals surface area contributed by atoms with Crippen molar-refractivity contribution in [2.24, 2.45) is 4.99 Å². The molecule has 0 spiro atoms. The standard InChI is InChI=1S/C33H37NO4/c1-2-3-4-5-6-7-8-12-23-36-29-21-17-28(18-22-29)32-34-31(33(35)38-32)24-26-15-19-30(20-16-26)37-25-27-13-10-9-11-14-27/h9-11,13-22,24H,2-8,12,23,25H2,1H3/b31-24-. The molecule has 4 rings (SSSR count). The van der Waals surface area contributed by atoms with Crippen molar-refractivity contribution in [1.29, 1.82) is 0 Å². The number of esters is 1. The molecule has 0 aliphatic carbocycles. The molecule has 198 valence electrons. The van der Waals surface area contributed by atoms with Crippen LogP contribution in [0.4, 0.5) is 0 Å². The molecule has 38 heavy (non-hydrogen) atoms. The number of benzene rings is 3. The fourth-order valence-electron chi connectivity index (χ4n) is 4.21. The number of unbranched alkanes of at least 4 members (excludes halogenated alkanes) is 7. The molecule has 1 heterocycles. The summed E-state index contributed by atoms with van der Waals surface area (Å²) in [6.45, 7) is 3.47. The van der Waals surface area contributed by atoms with Gasteiger partial charge in [0.25, 0.3) is 0 Å². The lowest BCUT2D eigenvalue weighted by Crippen LogP contribution is -2.05. The van der Waals surface area contributed by atoms with Gasteiger partial charge < -0.3 is 14.2 Å². The van der Waals surface area contributed by atoms with Crippen molar-refractivity contribution in [3.63, 3.8) is 0 Å². The van der Waals surface area contributed by atoms with Crippen LogP contribution in [0.1, 0.15) is 75.0 Å². The number of carbonyl (C=O) groups is 1. The Balaban J connectivity index is 1.24. The molecule has 0 radical (unpaired) electrons. The molecule has 3 aromatic rings. The summed E-state index contributed by atoms with van der Waals surface area (Å²) in [5, 5.41) is 0. The quantitative estimate of drug-likeness (QED) is 0.117. The second kappa shape index (κ2) is 14.8. The first-order chi connectivity index (χ1) is 18.7. The van der Waals surface area contributed by atoms with E-state index in [1.54, 1.807) is 6.08 Å². The molecular formula is C33H37NO4. The van der Waals surface area contributed by atoms with Crippen molar-refractivity contribution in [2.45, 2.75) is 64.9 Å². The van der Waals surface area contributed by atoms with E-state index in [1.807, 2.05) is 78.9 Å². The van der Waals surface area contributed by atoms with Crippen LogP contribution in [0.5, 0.6) is 11.5 Å². The van der Waals surface area contributed by atoms with Gasteiger partial charge in [-0.25, -0.2) is 9.79 Å². The van der Waals surface area contributed by atoms with E-state index in [9.17, 15) is 4.79 Å². The van der Waals surface area contributed by atoms with Crippen LogP contribution in [0.15, 0.2) is 89.6 Å². The lowest BCUT2D eigenvalue weighted by molar-refractivity contribution is -0.129. The maximum atomic E-state index is 12.4. The molecule has 0 unspecified atom stereocenters. The van der Waals surface area contributed by atoms with E-state index >= 15 is 0 Å². The molecule has 0 aromatic heterocycles. The first kappa shape index (κ1) is 27.2. The summed E-state index contributed by atoms with van der Waals surface area (Å²) in [4.78, 5) is 16.8. The van der Waals surface area contributed by atoms with Crippen molar-refractivity contribution < 1.29 is 19.0 Å². The minimum atomic E-state index is -0.459. The number of hydrogen-bond donors (Lipinski definition) is 0. The first-order valence-electron chi connectivity index (χ1n) is 13.7. The molecule has 1 aliphatic heterocycles. The van der Waals surface area contributed by atoms with Gasteiger partial charge in [-0.3, -0.25) is 0 Å². The van der Waals surface area contributed by atoms with Crippen LogP contribution in [-0.4, -0.2) is 18.5 Å². The highest BCUT2D eigenvalue weighted by Gasteiger charge is 2.24. The van der Waals surface area contributed by atoms with Crippen LogP contribution < -0.4 is 9.47 Å². The summed E-state index contributed by atoms with van der Waals surface area (Å²) in [7, 11) is 0. The minimum Gasteiger partial charge on any atom is -0.494 e. The van der Waals surface area contributed by atoms with Crippen molar-refractivity contribution in [2.75, 3.05) is 6.61 Å². The number of aliphatic imine (C=N–C) groups is 1. The van der Waals surface area contributed by atoms with Gasteiger partial charge in [-0.05, 0) is 60.0 Å². The fourth-order valence-corrected chi connectivity index (χ4v) is 4.21. The molecule has 0 amide bonds. The monoisotopic (exact) mass is 511 g/mol. The van der Waals surface area contributed by atoms with Crippen LogP contribution in [-0.2, 0) is 16.1 Å². The van der Waals surface area contributed by atoms with Gasteiger partial charge in [-0.15, -0.1) is 0 Å². The molecule has 0 N–H and O–H groups in total. The van der Waals surface area contributed by atoms with E-state index in [0.29, 0.717) is 19.1 Å². The zero-order valence-electron chi connectivity index (χ0n) is 22.2. The highest BCUT2D eigenvalue weighted by molar-refractivity contribution is 6.12. The van der Waals surface area contributed by atoms with Crippen molar-refractivity contribution >= 4 is 17.9 Å². The molecule has 0 bridgehead atoms. The molecule has 0 atom stereocenters. The zero-order valence-corrected chi connectivity index (χ0v) is 22.2. The van der Waals surface area contributed by atoms with Gasteiger partial charge >= 0.3 is 5.97 Å². The normalized spacial score (nSPS) is 13.9. The fraction of sp³-hybridized carbons (Fsp3) is 0.333. The highest BCUT2D eigenvalue weighted by atomic mass is 16.6. The Morgan fingerprint density at radius 1 is 0.737 bits per heavy atom. The maximum Gasteiger partial charge on any atom is 0.363 e. The summed E-state index contributed by atoms with van der Waals surface area (Å²) >= 11 is 0. The predicted molar refractivity (Wildman–Crippen MR) is 152 cm³/mol. The zero-order chi connectivity index (χ0) is 26.4. The van der Waals surface area contributed by atoms with Crippen LogP contribution in [0, 0.1) is 0 Å². The van der Waals surface area contributed by atoms with Crippen molar-refractivity contribution in [3.05, 3.63) is 101 Å². The van der Waals surface area contributed by atoms with Crippen LogP contribution in [0.3, 0.4) is 0 Å². The summed E-state index contributed by atoms with van der Waals surface area (Å²) in [5.74, 6) is 1.42. The molecular weight excluding hydrogens is 474 g/mol. The number of hydrogen-bond acceptors (Lipinski definition) is 5. The molecule has 5 heteroatoms. The SMILES string of the molecule is CCCCCCCCCCOc1ccc(C2=N/C(=C\c3ccc(OCc4ccccc4)cc3)C(=O)O2)cc1. The number of nitrogens with zero attached hydrogens (tertiary/aromatic N) is 1. The molecule has 0 saturated heterocycles. The number of rotatable bonds is 15. The van der Waals surface area contributed by atoms with Crippen LogP contribution in [0.2, 0.25) is 0 Å². The first-order valence-corrected chi connectivity index (χ1v) is 13.7. The second-order valence-corrected chi connectivity index (χ2v) is 9.53.